The molecule has 0 amide bonds. The second kappa shape index (κ2) is 3.64. The van der Waals surface area contributed by atoms with E-state index in [0.717, 1.165) is 19.3 Å². The van der Waals surface area contributed by atoms with Crippen LogP contribution in [-0.4, -0.2) is 17.3 Å². The first-order valence-electron chi connectivity index (χ1n) is 4.50. The average Bonchev–Trinajstić information content (AvgIpc) is 2.54. The van der Waals surface area contributed by atoms with Crippen LogP contribution in [0.3, 0.4) is 0 Å². The van der Waals surface area contributed by atoms with E-state index in [-0.39, 0.29) is 12.2 Å². The highest BCUT2D eigenvalue weighted by molar-refractivity contribution is 5.06. The largest absolute Gasteiger partial charge is 0.370 e. The lowest BCUT2D eigenvalue weighted by Crippen LogP contribution is -2.37. The van der Waals surface area contributed by atoms with Crippen molar-refractivity contribution < 1.29 is 14.1 Å². The number of nitrogens with zero attached hydrogens (tertiary/aromatic N) is 2. The molecule has 1 heterocycles. The Morgan fingerprint density at radius 2 is 2.36 bits per heavy atom. The lowest BCUT2D eigenvalue weighted by atomic mass is 9.79. The molecule has 2 N–H and O–H groups in total. The molecule has 14 heavy (non-hydrogen) atoms. The van der Waals surface area contributed by atoms with Gasteiger partial charge < -0.3 is 9.26 Å². The van der Waals surface area contributed by atoms with E-state index in [1.165, 1.54) is 0 Å². The van der Waals surface area contributed by atoms with Crippen LogP contribution < -0.4 is 5.90 Å². The molecule has 1 aromatic heterocycles. The summed E-state index contributed by atoms with van der Waals surface area (Å²) >= 11 is 0. The monoisotopic (exact) mass is 199 g/mol. The quantitative estimate of drug-likeness (QED) is 0.710. The molecule has 0 unspecified atom stereocenters. The third-order valence-electron chi connectivity index (χ3n) is 2.63. The van der Waals surface area contributed by atoms with E-state index >= 15 is 0 Å². The van der Waals surface area contributed by atoms with Crippen molar-refractivity contribution in [2.75, 3.05) is 7.11 Å². The van der Waals surface area contributed by atoms with E-state index in [0.29, 0.717) is 11.7 Å². The highest BCUT2D eigenvalue weighted by Crippen LogP contribution is 2.42. The summed E-state index contributed by atoms with van der Waals surface area (Å²) in [6.07, 6.45) is 3.00. The van der Waals surface area contributed by atoms with Crippen LogP contribution in [0.15, 0.2) is 4.52 Å². The summed E-state index contributed by atoms with van der Waals surface area (Å²) in [7, 11) is 1.66. The minimum atomic E-state index is -0.337. The second-order valence-corrected chi connectivity index (χ2v) is 3.37. The Morgan fingerprint density at radius 3 is 2.86 bits per heavy atom. The lowest BCUT2D eigenvalue weighted by Gasteiger charge is -2.37. The molecular formula is C8H13N3O3. The highest BCUT2D eigenvalue weighted by Gasteiger charge is 2.43. The van der Waals surface area contributed by atoms with Gasteiger partial charge in [0.05, 0.1) is 0 Å². The summed E-state index contributed by atoms with van der Waals surface area (Å²) in [5, 5.41) is 3.85. The minimum absolute atomic E-state index is 0.132. The van der Waals surface area contributed by atoms with E-state index in [9.17, 15) is 0 Å². The zero-order chi connectivity index (χ0) is 10.0. The molecule has 78 valence electrons. The Morgan fingerprint density at radius 1 is 1.57 bits per heavy atom. The van der Waals surface area contributed by atoms with Crippen LogP contribution in [0.4, 0.5) is 0 Å². The summed E-state index contributed by atoms with van der Waals surface area (Å²) in [5.74, 6) is 5.87. The van der Waals surface area contributed by atoms with Gasteiger partial charge in [-0.1, -0.05) is 5.16 Å². The van der Waals surface area contributed by atoms with Crippen LogP contribution in [0.25, 0.3) is 0 Å². The maximum absolute atomic E-state index is 5.39. The number of hydrogen-bond acceptors (Lipinski definition) is 6. The summed E-state index contributed by atoms with van der Waals surface area (Å²) < 4.78 is 10.3. The first-order valence-corrected chi connectivity index (χ1v) is 4.50. The van der Waals surface area contributed by atoms with Crippen molar-refractivity contribution in [2.24, 2.45) is 5.90 Å². The first kappa shape index (κ1) is 9.57. The van der Waals surface area contributed by atoms with Gasteiger partial charge in [-0.3, -0.25) is 4.84 Å². The second-order valence-electron chi connectivity index (χ2n) is 3.37. The standard InChI is InChI=1S/C8H13N3O3/c1-12-8(3-2-4-8)7-10-6(5-13-9)14-11-7/h2-5,9H2,1H3. The molecule has 1 fully saturated rings. The van der Waals surface area contributed by atoms with Crippen molar-refractivity contribution in [1.82, 2.24) is 10.1 Å². The Bertz CT molecular complexity index is 303. The van der Waals surface area contributed by atoms with Gasteiger partial charge >= 0.3 is 0 Å². The normalized spacial score (nSPS) is 19.3. The molecule has 0 aromatic carbocycles. The van der Waals surface area contributed by atoms with Gasteiger partial charge in [0.1, 0.15) is 12.2 Å². The molecule has 0 saturated heterocycles. The van der Waals surface area contributed by atoms with E-state index in [4.69, 9.17) is 15.2 Å². The SMILES string of the molecule is COC1(c2noc(CON)n2)CCC1. The average molecular weight is 199 g/mol. The van der Waals surface area contributed by atoms with E-state index in [1.54, 1.807) is 7.11 Å². The van der Waals surface area contributed by atoms with Gasteiger partial charge in [-0.25, -0.2) is 5.90 Å². The highest BCUT2D eigenvalue weighted by atomic mass is 16.6. The van der Waals surface area contributed by atoms with Crippen LogP contribution in [0.1, 0.15) is 31.0 Å². The van der Waals surface area contributed by atoms with Crippen molar-refractivity contribution in [3.05, 3.63) is 11.7 Å². The molecule has 1 aromatic rings. The first-order chi connectivity index (χ1) is 6.80. The van der Waals surface area contributed by atoms with Gasteiger partial charge in [0.15, 0.2) is 0 Å². The fraction of sp³-hybridized carbons (Fsp3) is 0.750. The zero-order valence-corrected chi connectivity index (χ0v) is 8.02. The Labute approximate surface area is 81.3 Å². The smallest absolute Gasteiger partial charge is 0.254 e. The lowest BCUT2D eigenvalue weighted by molar-refractivity contribution is -0.0858. The van der Waals surface area contributed by atoms with Gasteiger partial charge in [-0.2, -0.15) is 4.98 Å². The predicted octanol–water partition coefficient (Wildman–Crippen LogP) is 0.485. The minimum Gasteiger partial charge on any atom is -0.370 e. The third kappa shape index (κ3) is 1.41. The Balaban J connectivity index is 2.15. The zero-order valence-electron chi connectivity index (χ0n) is 8.02. The van der Waals surface area contributed by atoms with Crippen LogP contribution in [0, 0.1) is 0 Å². The summed E-state index contributed by atoms with van der Waals surface area (Å²) in [5.41, 5.74) is -0.337. The number of ether oxygens (including phenoxy) is 1. The third-order valence-corrected chi connectivity index (χ3v) is 2.63. The molecule has 0 atom stereocenters. The number of aromatic nitrogens is 2. The number of hydrogen-bond donors (Lipinski definition) is 1. The number of rotatable bonds is 4. The fourth-order valence-corrected chi connectivity index (χ4v) is 1.59. The van der Waals surface area contributed by atoms with Gasteiger partial charge in [0, 0.05) is 7.11 Å². The predicted molar refractivity (Wildman–Crippen MR) is 45.8 cm³/mol. The van der Waals surface area contributed by atoms with Gasteiger partial charge in [-0.15, -0.1) is 0 Å². The van der Waals surface area contributed by atoms with Gasteiger partial charge in [0.25, 0.3) is 5.89 Å². The summed E-state index contributed by atoms with van der Waals surface area (Å²) in [6.45, 7) is 0.132. The summed E-state index contributed by atoms with van der Waals surface area (Å²) in [6, 6.07) is 0. The molecule has 6 heteroatoms. The maximum Gasteiger partial charge on any atom is 0.254 e. The molecular weight excluding hydrogens is 186 g/mol. The van der Waals surface area contributed by atoms with Crippen LogP contribution >= 0.6 is 0 Å². The van der Waals surface area contributed by atoms with Crippen molar-refractivity contribution in [2.45, 2.75) is 31.5 Å². The van der Waals surface area contributed by atoms with Crippen LogP contribution in [-0.2, 0) is 21.8 Å². The molecule has 0 aliphatic heterocycles. The van der Waals surface area contributed by atoms with Crippen molar-refractivity contribution in [1.29, 1.82) is 0 Å². The van der Waals surface area contributed by atoms with Crippen molar-refractivity contribution in [3.63, 3.8) is 0 Å². The van der Waals surface area contributed by atoms with Gasteiger partial charge in [-0.05, 0) is 19.3 Å². The maximum atomic E-state index is 5.39. The molecule has 2 rings (SSSR count). The van der Waals surface area contributed by atoms with E-state index in [2.05, 4.69) is 15.0 Å². The molecule has 0 spiro atoms. The van der Waals surface area contributed by atoms with E-state index in [1.807, 2.05) is 0 Å². The number of nitrogens with two attached hydrogens (primary N) is 1. The molecule has 0 bridgehead atoms. The fourth-order valence-electron chi connectivity index (χ4n) is 1.59. The Kier molecular flexibility index (Phi) is 2.49. The Hall–Kier alpha value is -0.980. The van der Waals surface area contributed by atoms with Gasteiger partial charge in [0.2, 0.25) is 5.82 Å². The topological polar surface area (TPSA) is 83.4 Å². The van der Waals surface area contributed by atoms with Crippen molar-refractivity contribution >= 4 is 0 Å². The molecule has 1 saturated carbocycles. The summed E-state index contributed by atoms with van der Waals surface area (Å²) in [4.78, 5) is 8.56. The van der Waals surface area contributed by atoms with Crippen LogP contribution in [0.2, 0.25) is 0 Å². The molecule has 1 aliphatic rings. The number of methoxy groups -OCH3 is 1. The van der Waals surface area contributed by atoms with Crippen LogP contribution in [0.5, 0.6) is 0 Å². The molecule has 1 aliphatic carbocycles. The van der Waals surface area contributed by atoms with Crippen molar-refractivity contribution in [3.8, 4) is 0 Å². The molecule has 6 nitrogen and oxygen atoms in total. The van der Waals surface area contributed by atoms with E-state index < -0.39 is 0 Å². The molecule has 0 radical (unpaired) electrons.